The highest BCUT2D eigenvalue weighted by molar-refractivity contribution is 7.89. The van der Waals surface area contributed by atoms with Crippen LogP contribution in [0.4, 0.5) is 0 Å². The van der Waals surface area contributed by atoms with Gasteiger partial charge < -0.3 is 10.1 Å². The van der Waals surface area contributed by atoms with Crippen LogP contribution in [0.25, 0.3) is 0 Å². The molecule has 0 bridgehead atoms. The summed E-state index contributed by atoms with van der Waals surface area (Å²) in [7, 11) is -1.59. The molecule has 6 heteroatoms. The molecular formula is C12H26N2O3S. The maximum Gasteiger partial charge on any atom is 0.214 e. The van der Waals surface area contributed by atoms with Crippen molar-refractivity contribution in [2.75, 3.05) is 39.1 Å². The van der Waals surface area contributed by atoms with Crippen LogP contribution in [0.5, 0.6) is 0 Å². The van der Waals surface area contributed by atoms with Crippen molar-refractivity contribution < 1.29 is 13.2 Å². The average Bonchev–Trinajstić information content (AvgIpc) is 2.29. The Kier molecular flexibility index (Phi) is 6.55. The number of piperidine rings is 1. The topological polar surface area (TPSA) is 58.6 Å². The highest BCUT2D eigenvalue weighted by Crippen LogP contribution is 2.16. The van der Waals surface area contributed by atoms with Gasteiger partial charge in [0.1, 0.15) is 0 Å². The van der Waals surface area contributed by atoms with Crippen LogP contribution in [0.15, 0.2) is 0 Å². The summed E-state index contributed by atoms with van der Waals surface area (Å²) in [6.45, 7) is 6.53. The molecule has 1 aliphatic rings. The minimum Gasteiger partial charge on any atom is -0.383 e. The third-order valence-electron chi connectivity index (χ3n) is 3.29. The van der Waals surface area contributed by atoms with Gasteiger partial charge in [-0.3, -0.25) is 0 Å². The largest absolute Gasteiger partial charge is 0.383 e. The smallest absolute Gasteiger partial charge is 0.214 e. The van der Waals surface area contributed by atoms with Gasteiger partial charge >= 0.3 is 0 Å². The van der Waals surface area contributed by atoms with Gasteiger partial charge in [0, 0.05) is 19.7 Å². The average molecular weight is 278 g/mol. The molecule has 1 atom stereocenters. The van der Waals surface area contributed by atoms with Crippen LogP contribution in [0, 0.1) is 5.92 Å². The second-order valence-corrected chi connectivity index (χ2v) is 7.15. The molecule has 0 spiro atoms. The second-order valence-electron chi connectivity index (χ2n) is 5.19. The first kappa shape index (κ1) is 15.9. The van der Waals surface area contributed by atoms with Gasteiger partial charge in [0.2, 0.25) is 10.0 Å². The van der Waals surface area contributed by atoms with E-state index in [0.29, 0.717) is 13.2 Å². The number of hydrogen-bond acceptors (Lipinski definition) is 4. The van der Waals surface area contributed by atoms with Crippen molar-refractivity contribution in [2.24, 2.45) is 5.92 Å². The summed E-state index contributed by atoms with van der Waals surface area (Å²) in [5, 5.41) is 3.26. The summed E-state index contributed by atoms with van der Waals surface area (Å²) in [5.74, 6) is 0.495. The molecule has 1 N–H and O–H groups in total. The summed E-state index contributed by atoms with van der Waals surface area (Å²) in [6, 6.07) is -0.0123. The molecule has 0 radical (unpaired) electrons. The molecule has 0 aromatic rings. The summed E-state index contributed by atoms with van der Waals surface area (Å²) in [5.41, 5.74) is 0. The van der Waals surface area contributed by atoms with E-state index in [1.54, 1.807) is 11.4 Å². The zero-order chi connectivity index (χ0) is 13.6. The van der Waals surface area contributed by atoms with Crippen molar-refractivity contribution >= 4 is 10.0 Å². The lowest BCUT2D eigenvalue weighted by molar-refractivity contribution is 0.170. The minimum absolute atomic E-state index is 0.0123. The van der Waals surface area contributed by atoms with E-state index in [0.717, 1.165) is 25.9 Å². The van der Waals surface area contributed by atoms with Crippen LogP contribution in [0.1, 0.15) is 26.7 Å². The van der Waals surface area contributed by atoms with Gasteiger partial charge in [0.05, 0.1) is 12.4 Å². The lowest BCUT2D eigenvalue weighted by Crippen LogP contribution is -2.44. The van der Waals surface area contributed by atoms with Crippen LogP contribution < -0.4 is 5.32 Å². The SMILES string of the molecule is COCCN(C(C)C)S(=O)(=O)CC1CCCNC1. The molecule has 0 aliphatic carbocycles. The number of methoxy groups -OCH3 is 1. The first-order valence-electron chi connectivity index (χ1n) is 6.66. The fraction of sp³-hybridized carbons (Fsp3) is 1.00. The molecule has 1 aliphatic heterocycles. The molecule has 0 saturated carbocycles. The molecule has 1 rings (SSSR count). The van der Waals surface area contributed by atoms with Crippen molar-refractivity contribution in [3.05, 3.63) is 0 Å². The zero-order valence-electron chi connectivity index (χ0n) is 11.7. The van der Waals surface area contributed by atoms with Gasteiger partial charge in [-0.1, -0.05) is 0 Å². The van der Waals surface area contributed by atoms with Crippen LogP contribution in [0.2, 0.25) is 0 Å². The zero-order valence-corrected chi connectivity index (χ0v) is 12.5. The van der Waals surface area contributed by atoms with E-state index >= 15 is 0 Å². The highest BCUT2D eigenvalue weighted by Gasteiger charge is 2.28. The van der Waals surface area contributed by atoms with Crippen molar-refractivity contribution in [1.82, 2.24) is 9.62 Å². The number of sulfonamides is 1. The second kappa shape index (κ2) is 7.43. The molecule has 1 saturated heterocycles. The molecule has 1 fully saturated rings. The van der Waals surface area contributed by atoms with E-state index in [2.05, 4.69) is 5.32 Å². The normalized spacial score (nSPS) is 21.7. The highest BCUT2D eigenvalue weighted by atomic mass is 32.2. The van der Waals surface area contributed by atoms with E-state index < -0.39 is 10.0 Å². The maximum atomic E-state index is 12.4. The predicted molar refractivity (Wildman–Crippen MR) is 73.1 cm³/mol. The van der Waals surface area contributed by atoms with Gasteiger partial charge in [0.25, 0.3) is 0 Å². The molecule has 108 valence electrons. The monoisotopic (exact) mass is 278 g/mol. The van der Waals surface area contributed by atoms with Crippen LogP contribution in [-0.4, -0.2) is 57.9 Å². The summed E-state index contributed by atoms with van der Waals surface area (Å²) < 4.78 is 31.3. The molecule has 5 nitrogen and oxygen atoms in total. The number of nitrogens with zero attached hydrogens (tertiary/aromatic N) is 1. The van der Waals surface area contributed by atoms with Gasteiger partial charge in [-0.15, -0.1) is 0 Å². The molecule has 0 amide bonds. The van der Waals surface area contributed by atoms with Gasteiger partial charge in [0.15, 0.2) is 0 Å². The van der Waals surface area contributed by atoms with E-state index in [1.807, 2.05) is 13.8 Å². The summed E-state index contributed by atoms with van der Waals surface area (Å²) in [6.07, 6.45) is 2.07. The van der Waals surface area contributed by atoms with Crippen LogP contribution in [0.3, 0.4) is 0 Å². The van der Waals surface area contributed by atoms with Gasteiger partial charge in [-0.2, -0.15) is 4.31 Å². The van der Waals surface area contributed by atoms with E-state index in [4.69, 9.17) is 4.74 Å². The fourth-order valence-corrected chi connectivity index (χ4v) is 4.43. The molecule has 0 aromatic heterocycles. The molecule has 1 heterocycles. The number of nitrogens with one attached hydrogen (secondary N) is 1. The molecule has 18 heavy (non-hydrogen) atoms. The van der Waals surface area contributed by atoms with Crippen LogP contribution >= 0.6 is 0 Å². The van der Waals surface area contributed by atoms with Crippen molar-refractivity contribution in [3.8, 4) is 0 Å². The first-order chi connectivity index (χ1) is 8.47. The predicted octanol–water partition coefficient (Wildman–Crippen LogP) is 0.673. The van der Waals surface area contributed by atoms with E-state index in [9.17, 15) is 8.42 Å². The number of ether oxygens (including phenoxy) is 1. The quantitative estimate of drug-likeness (QED) is 0.744. The molecule has 1 unspecified atom stereocenters. The Morgan fingerprint density at radius 2 is 2.17 bits per heavy atom. The number of hydrogen-bond donors (Lipinski definition) is 1. The Morgan fingerprint density at radius 1 is 1.44 bits per heavy atom. The summed E-state index contributed by atoms with van der Waals surface area (Å²) in [4.78, 5) is 0. The van der Waals surface area contributed by atoms with E-state index in [-0.39, 0.29) is 17.7 Å². The minimum atomic E-state index is -3.18. The Labute approximate surface area is 111 Å². The number of rotatable bonds is 7. The lowest BCUT2D eigenvalue weighted by Gasteiger charge is -2.29. The summed E-state index contributed by atoms with van der Waals surface area (Å²) >= 11 is 0. The van der Waals surface area contributed by atoms with Crippen molar-refractivity contribution in [1.29, 1.82) is 0 Å². The molecule has 0 aromatic carbocycles. The third-order valence-corrected chi connectivity index (χ3v) is 5.51. The first-order valence-corrected chi connectivity index (χ1v) is 8.27. The van der Waals surface area contributed by atoms with Gasteiger partial charge in [-0.25, -0.2) is 8.42 Å². The van der Waals surface area contributed by atoms with Crippen LogP contribution in [-0.2, 0) is 14.8 Å². The maximum absolute atomic E-state index is 12.4. The third kappa shape index (κ3) is 4.84. The Hall–Kier alpha value is -0.170. The van der Waals surface area contributed by atoms with E-state index in [1.165, 1.54) is 0 Å². The van der Waals surface area contributed by atoms with Crippen molar-refractivity contribution in [2.45, 2.75) is 32.7 Å². The lowest BCUT2D eigenvalue weighted by atomic mass is 10.0. The molecular weight excluding hydrogens is 252 g/mol. The standard InChI is InChI=1S/C12H26N2O3S/c1-11(2)14(7-8-17-3)18(15,16)10-12-5-4-6-13-9-12/h11-13H,4-10H2,1-3H3. The fourth-order valence-electron chi connectivity index (χ4n) is 2.36. The van der Waals surface area contributed by atoms with Gasteiger partial charge in [-0.05, 0) is 45.7 Å². The Bertz CT molecular complexity index is 324. The van der Waals surface area contributed by atoms with Crippen molar-refractivity contribution in [3.63, 3.8) is 0 Å². The Balaban J connectivity index is 2.62. The Morgan fingerprint density at radius 3 is 2.67 bits per heavy atom.